The van der Waals surface area contributed by atoms with E-state index in [2.05, 4.69) is 30.6 Å². The van der Waals surface area contributed by atoms with E-state index in [1.54, 1.807) is 11.4 Å². The van der Waals surface area contributed by atoms with Crippen LogP contribution in [-0.4, -0.2) is 18.4 Å². The third kappa shape index (κ3) is 2.39. The molecule has 2 aromatic heterocycles. The molecule has 0 aliphatic carbocycles. The number of hydrogen-bond donors (Lipinski definition) is 1. The number of anilines is 1. The Morgan fingerprint density at radius 1 is 1.31 bits per heavy atom. The molecule has 0 fully saturated rings. The normalized spacial score (nSPS) is 11.3. The van der Waals surface area contributed by atoms with Crippen LogP contribution in [0.15, 0.2) is 38.8 Å². The molecular weight excluding hydrogens is 314 g/mol. The second kappa shape index (κ2) is 4.48. The standard InChI is InChI=1S/C8H6BrN3O2S2/c9-7-1-2-15-8(7)16(13,14)12-6-3-10-5-11-4-6/h1-5,12H. The highest BCUT2D eigenvalue weighted by Crippen LogP contribution is 2.28. The average Bonchev–Trinajstić information content (AvgIpc) is 2.66. The number of aromatic nitrogens is 2. The summed E-state index contributed by atoms with van der Waals surface area (Å²) in [5, 5.41) is 1.69. The second-order valence-corrected chi connectivity index (χ2v) is 6.44. The maximum atomic E-state index is 11.9. The molecule has 5 nitrogen and oxygen atoms in total. The van der Waals surface area contributed by atoms with E-state index in [4.69, 9.17) is 0 Å². The number of sulfonamides is 1. The molecule has 0 aliphatic rings. The van der Waals surface area contributed by atoms with Gasteiger partial charge in [0.15, 0.2) is 4.21 Å². The van der Waals surface area contributed by atoms with Crippen molar-refractivity contribution in [2.45, 2.75) is 4.21 Å². The van der Waals surface area contributed by atoms with Gasteiger partial charge < -0.3 is 0 Å². The smallest absolute Gasteiger partial charge is 0.272 e. The van der Waals surface area contributed by atoms with Crippen molar-refractivity contribution >= 4 is 43.0 Å². The highest BCUT2D eigenvalue weighted by molar-refractivity contribution is 9.10. The molecule has 8 heteroatoms. The minimum atomic E-state index is -3.56. The molecule has 0 aromatic carbocycles. The molecule has 2 heterocycles. The number of hydrogen-bond acceptors (Lipinski definition) is 5. The van der Waals surface area contributed by atoms with Crippen LogP contribution in [0.25, 0.3) is 0 Å². The fraction of sp³-hybridized carbons (Fsp3) is 0. The van der Waals surface area contributed by atoms with Crippen LogP contribution in [0.5, 0.6) is 0 Å². The van der Waals surface area contributed by atoms with Crippen molar-refractivity contribution in [3.8, 4) is 0 Å². The molecule has 0 aliphatic heterocycles. The van der Waals surface area contributed by atoms with Crippen molar-refractivity contribution in [1.82, 2.24) is 9.97 Å². The van der Waals surface area contributed by atoms with Crippen LogP contribution in [0.1, 0.15) is 0 Å². The highest BCUT2D eigenvalue weighted by Gasteiger charge is 2.19. The van der Waals surface area contributed by atoms with Gasteiger partial charge in [-0.25, -0.2) is 18.4 Å². The SMILES string of the molecule is O=S(=O)(Nc1cncnc1)c1sccc1Br. The van der Waals surface area contributed by atoms with E-state index in [1.807, 2.05) is 0 Å². The first-order chi connectivity index (χ1) is 7.59. The van der Waals surface area contributed by atoms with E-state index in [-0.39, 0.29) is 4.21 Å². The van der Waals surface area contributed by atoms with E-state index in [0.29, 0.717) is 10.2 Å². The summed E-state index contributed by atoms with van der Waals surface area (Å²) in [7, 11) is -3.56. The molecule has 0 saturated carbocycles. The van der Waals surface area contributed by atoms with Gasteiger partial charge in [-0.3, -0.25) is 4.72 Å². The summed E-state index contributed by atoms with van der Waals surface area (Å²) in [6.07, 6.45) is 4.12. The number of halogens is 1. The minimum Gasteiger partial charge on any atom is -0.276 e. The predicted octanol–water partition coefficient (Wildman–Crippen LogP) is 2.10. The lowest BCUT2D eigenvalue weighted by atomic mass is 10.6. The van der Waals surface area contributed by atoms with Crippen LogP contribution < -0.4 is 4.72 Å². The fourth-order valence-electron chi connectivity index (χ4n) is 1.02. The topological polar surface area (TPSA) is 72.0 Å². The Hall–Kier alpha value is -0.990. The van der Waals surface area contributed by atoms with Crippen LogP contribution in [-0.2, 0) is 10.0 Å². The quantitative estimate of drug-likeness (QED) is 0.940. The summed E-state index contributed by atoms with van der Waals surface area (Å²) in [6.45, 7) is 0. The molecule has 1 N–H and O–H groups in total. The first-order valence-electron chi connectivity index (χ1n) is 4.10. The van der Waals surface area contributed by atoms with Gasteiger partial charge in [0.25, 0.3) is 10.0 Å². The zero-order chi connectivity index (χ0) is 11.6. The molecule has 2 rings (SSSR count). The molecule has 0 atom stereocenters. The van der Waals surface area contributed by atoms with Gasteiger partial charge in [0.2, 0.25) is 0 Å². The third-order valence-electron chi connectivity index (χ3n) is 1.64. The Labute approximate surface area is 105 Å². The summed E-state index contributed by atoms with van der Waals surface area (Å²) in [5.74, 6) is 0. The molecule has 16 heavy (non-hydrogen) atoms. The van der Waals surface area contributed by atoms with Gasteiger partial charge in [-0.15, -0.1) is 11.3 Å². The maximum absolute atomic E-state index is 11.9. The van der Waals surface area contributed by atoms with Crippen LogP contribution in [0, 0.1) is 0 Å². The monoisotopic (exact) mass is 319 g/mol. The molecular formula is C8H6BrN3O2S2. The van der Waals surface area contributed by atoms with Gasteiger partial charge in [-0.2, -0.15) is 0 Å². The Kier molecular flexibility index (Phi) is 3.22. The Morgan fingerprint density at radius 3 is 2.56 bits per heavy atom. The largest absolute Gasteiger partial charge is 0.276 e. The fourth-order valence-corrected chi connectivity index (χ4v) is 4.39. The number of nitrogens with zero attached hydrogens (tertiary/aromatic N) is 2. The first-order valence-corrected chi connectivity index (χ1v) is 7.26. The summed E-state index contributed by atoms with van der Waals surface area (Å²) >= 11 is 4.31. The number of nitrogens with one attached hydrogen (secondary N) is 1. The lowest BCUT2D eigenvalue weighted by Crippen LogP contribution is -2.12. The zero-order valence-electron chi connectivity index (χ0n) is 7.79. The molecule has 0 unspecified atom stereocenters. The lowest BCUT2D eigenvalue weighted by Gasteiger charge is -2.05. The summed E-state index contributed by atoms with van der Waals surface area (Å²) in [5.41, 5.74) is 0.336. The van der Waals surface area contributed by atoms with Crippen molar-refractivity contribution < 1.29 is 8.42 Å². The Bertz CT molecular complexity index is 582. The number of thiophene rings is 1. The van der Waals surface area contributed by atoms with Gasteiger partial charge in [-0.05, 0) is 27.4 Å². The van der Waals surface area contributed by atoms with Gasteiger partial charge in [0.1, 0.15) is 6.33 Å². The lowest BCUT2D eigenvalue weighted by molar-refractivity contribution is 0.602. The van der Waals surface area contributed by atoms with Crippen LogP contribution in [0.4, 0.5) is 5.69 Å². The van der Waals surface area contributed by atoms with Gasteiger partial charge in [-0.1, -0.05) is 0 Å². The predicted molar refractivity (Wildman–Crippen MR) is 64.9 cm³/mol. The van der Waals surface area contributed by atoms with Crippen LogP contribution in [0.2, 0.25) is 0 Å². The van der Waals surface area contributed by atoms with E-state index in [9.17, 15) is 8.42 Å². The molecule has 84 valence electrons. The Morgan fingerprint density at radius 2 is 2.00 bits per heavy atom. The molecule has 0 radical (unpaired) electrons. The van der Waals surface area contributed by atoms with Crippen molar-refractivity contribution in [2.24, 2.45) is 0 Å². The minimum absolute atomic E-state index is 0.233. The summed E-state index contributed by atoms with van der Waals surface area (Å²) in [6, 6.07) is 1.68. The van der Waals surface area contributed by atoms with E-state index >= 15 is 0 Å². The van der Waals surface area contributed by atoms with E-state index in [0.717, 1.165) is 11.3 Å². The maximum Gasteiger partial charge on any atom is 0.272 e. The van der Waals surface area contributed by atoms with Gasteiger partial charge in [0.05, 0.1) is 18.1 Å². The molecule has 0 spiro atoms. The van der Waals surface area contributed by atoms with Crippen molar-refractivity contribution in [3.63, 3.8) is 0 Å². The summed E-state index contributed by atoms with van der Waals surface area (Å²) in [4.78, 5) is 7.45. The molecule has 2 aromatic rings. The average molecular weight is 320 g/mol. The molecule has 0 bridgehead atoms. The first kappa shape index (κ1) is 11.5. The van der Waals surface area contributed by atoms with E-state index in [1.165, 1.54) is 18.7 Å². The van der Waals surface area contributed by atoms with Gasteiger partial charge in [0, 0.05) is 4.47 Å². The summed E-state index contributed by atoms with van der Waals surface area (Å²) < 4.78 is 27.0. The van der Waals surface area contributed by atoms with Crippen molar-refractivity contribution in [3.05, 3.63) is 34.6 Å². The van der Waals surface area contributed by atoms with Crippen molar-refractivity contribution in [1.29, 1.82) is 0 Å². The number of rotatable bonds is 3. The Balaban J connectivity index is 2.32. The van der Waals surface area contributed by atoms with Crippen molar-refractivity contribution in [2.75, 3.05) is 4.72 Å². The molecule has 0 amide bonds. The van der Waals surface area contributed by atoms with Gasteiger partial charge >= 0.3 is 0 Å². The van der Waals surface area contributed by atoms with Crippen LogP contribution >= 0.6 is 27.3 Å². The highest BCUT2D eigenvalue weighted by atomic mass is 79.9. The zero-order valence-corrected chi connectivity index (χ0v) is 11.0. The third-order valence-corrected chi connectivity index (χ3v) is 5.69. The van der Waals surface area contributed by atoms with Crippen LogP contribution in [0.3, 0.4) is 0 Å². The second-order valence-electron chi connectivity index (χ2n) is 2.79. The molecule has 0 saturated heterocycles. The van der Waals surface area contributed by atoms with E-state index < -0.39 is 10.0 Å².